The number of nitrogens with zero attached hydrogens (tertiary/aromatic N) is 1. The molecule has 1 N–H and O–H groups in total. The fourth-order valence-electron chi connectivity index (χ4n) is 5.52. The summed E-state index contributed by atoms with van der Waals surface area (Å²) in [5.74, 6) is -4.18. The van der Waals surface area contributed by atoms with Gasteiger partial charge in [-0.05, 0) is 87.8 Å². The summed E-state index contributed by atoms with van der Waals surface area (Å²) in [6, 6.07) is 9.97. The highest BCUT2D eigenvalue weighted by Gasteiger charge is 2.53. The number of hydrazine groups is 1. The number of ketones is 1. The molecule has 0 saturated heterocycles. The van der Waals surface area contributed by atoms with Crippen LogP contribution < -0.4 is 9.61 Å². The van der Waals surface area contributed by atoms with Gasteiger partial charge in [-0.2, -0.15) is 13.4 Å². The Morgan fingerprint density at radius 3 is 1.96 bits per heavy atom. The average molecular weight is 649 g/mol. The molecule has 1 atom stereocenters. The number of halogens is 1. The second-order valence-electron chi connectivity index (χ2n) is 11.4. The molecule has 2 amide bonds. The Morgan fingerprint density at radius 2 is 1.42 bits per heavy atom. The molecule has 0 aromatic heterocycles. The Morgan fingerprint density at radius 1 is 0.889 bits per heavy atom. The van der Waals surface area contributed by atoms with Crippen molar-refractivity contribution in [1.29, 1.82) is 0 Å². The Kier molecular flexibility index (Phi) is 11.3. The lowest BCUT2D eigenvalue weighted by Gasteiger charge is -2.41. The summed E-state index contributed by atoms with van der Waals surface area (Å²) in [5, 5.41) is 0.314. The molecule has 2 aromatic carbocycles. The van der Waals surface area contributed by atoms with Gasteiger partial charge in [0.1, 0.15) is 21.8 Å². The summed E-state index contributed by atoms with van der Waals surface area (Å²) >= 11 is 0. The smallest absolute Gasteiger partial charge is 0.432 e. The molecule has 0 radical (unpaired) electrons. The maximum Gasteiger partial charge on any atom is 0.432 e. The molecule has 248 valence electrons. The predicted octanol–water partition coefficient (Wildman–Crippen LogP) is 7.57. The first-order valence-electron chi connectivity index (χ1n) is 15.6. The van der Waals surface area contributed by atoms with Crippen LogP contribution >= 0.6 is 0 Å². The minimum absolute atomic E-state index is 0.0441. The van der Waals surface area contributed by atoms with E-state index in [1.807, 2.05) is 48.5 Å². The monoisotopic (exact) mass is 648 g/mol. The van der Waals surface area contributed by atoms with E-state index in [1.165, 1.54) is 30.3 Å². The summed E-state index contributed by atoms with van der Waals surface area (Å²) < 4.78 is 59.3. The zero-order valence-corrected chi connectivity index (χ0v) is 28.0. The molecule has 0 bridgehead atoms. The minimum atomic E-state index is -4.17. The van der Waals surface area contributed by atoms with Crippen molar-refractivity contribution in [2.75, 3.05) is 0 Å². The van der Waals surface area contributed by atoms with E-state index in [-0.39, 0.29) is 22.6 Å². The molecule has 10 nitrogen and oxygen atoms in total. The van der Waals surface area contributed by atoms with Gasteiger partial charge >= 0.3 is 22.3 Å². The van der Waals surface area contributed by atoms with Gasteiger partial charge in [-0.25, -0.2) is 19.4 Å². The maximum absolute atomic E-state index is 17.0. The highest BCUT2D eigenvalue weighted by molar-refractivity contribution is 7.87. The second-order valence-corrected chi connectivity index (χ2v) is 13.0. The first-order valence-corrected chi connectivity index (χ1v) is 17.0. The summed E-state index contributed by atoms with van der Waals surface area (Å²) in [7, 11) is -4.17. The molecule has 1 aliphatic carbocycles. The normalized spacial score (nSPS) is 16.8. The van der Waals surface area contributed by atoms with Gasteiger partial charge in [0, 0.05) is 12.0 Å². The van der Waals surface area contributed by atoms with Crippen LogP contribution in [0, 0.1) is 6.92 Å². The van der Waals surface area contributed by atoms with E-state index in [1.54, 1.807) is 12.1 Å². The Balaban J connectivity index is 1.96. The first-order chi connectivity index (χ1) is 21.2. The van der Waals surface area contributed by atoms with Crippen molar-refractivity contribution in [3.8, 4) is 5.75 Å². The van der Waals surface area contributed by atoms with Crippen LogP contribution in [0.15, 0.2) is 47.4 Å². The number of fused-ring (bicyclic) bond motifs is 1. The average Bonchev–Trinajstić information content (AvgIpc) is 3.03. The summed E-state index contributed by atoms with van der Waals surface area (Å²) in [5.41, 5.74) is 1.53. The number of hydrogen-bond acceptors (Lipinski definition) is 8. The van der Waals surface area contributed by atoms with Crippen LogP contribution in [-0.2, 0) is 26.0 Å². The summed E-state index contributed by atoms with van der Waals surface area (Å²) in [4.78, 5) is 40.5. The first kappa shape index (κ1) is 35.8. The number of alkyl halides is 1. The predicted molar refractivity (Wildman–Crippen MR) is 167 cm³/mol. The van der Waals surface area contributed by atoms with Gasteiger partial charge in [0.2, 0.25) is 5.78 Å². The number of ether oxygens (including phenoxy) is 2. The molecule has 3 rings (SSSR count). The van der Waals surface area contributed by atoms with Gasteiger partial charge in [0.25, 0.3) is 5.79 Å². The molecular weight excluding hydrogens is 603 g/mol. The van der Waals surface area contributed by atoms with Crippen LogP contribution in [0.4, 0.5) is 14.0 Å². The Hall–Kier alpha value is -3.67. The highest BCUT2D eigenvalue weighted by atomic mass is 32.2. The van der Waals surface area contributed by atoms with E-state index in [9.17, 15) is 22.8 Å². The molecule has 12 heteroatoms. The SMILES string of the molecule is CCC(CC)(CC)OC(=O)NN(C(=O)OC(CC)(CC)CC)[C@]1(F)CCc2cc(OS(=O)(=O)c3ccc(C)cc3)ccc2C1=O. The maximum atomic E-state index is 17.0. The molecule has 1 aliphatic rings. The number of aryl methyl sites for hydroxylation is 2. The van der Waals surface area contributed by atoms with Crippen LogP contribution in [0.3, 0.4) is 0 Å². The molecule has 0 unspecified atom stereocenters. The number of rotatable bonds is 12. The van der Waals surface area contributed by atoms with E-state index in [0.29, 0.717) is 49.1 Å². The van der Waals surface area contributed by atoms with Crippen molar-refractivity contribution < 1.29 is 40.8 Å². The van der Waals surface area contributed by atoms with E-state index < -0.39 is 51.5 Å². The molecule has 0 aliphatic heterocycles. The van der Waals surface area contributed by atoms with Crippen LogP contribution in [0.5, 0.6) is 5.75 Å². The fraction of sp³-hybridized carbons (Fsp3) is 0.545. The Labute approximate surface area is 265 Å². The second kappa shape index (κ2) is 14.2. The lowest BCUT2D eigenvalue weighted by Crippen LogP contribution is -2.64. The van der Waals surface area contributed by atoms with Crippen LogP contribution in [0.1, 0.15) is 108 Å². The van der Waals surface area contributed by atoms with Crippen molar-refractivity contribution >= 4 is 28.1 Å². The third-order valence-electron chi connectivity index (χ3n) is 9.13. The summed E-state index contributed by atoms with van der Waals surface area (Å²) in [6.07, 6.45) is -0.191. The van der Waals surface area contributed by atoms with E-state index in [4.69, 9.17) is 13.7 Å². The third-order valence-corrected chi connectivity index (χ3v) is 10.4. The largest absolute Gasteiger partial charge is 0.442 e. The van der Waals surface area contributed by atoms with Crippen molar-refractivity contribution in [3.05, 3.63) is 59.2 Å². The van der Waals surface area contributed by atoms with E-state index in [2.05, 4.69) is 5.43 Å². The number of carbonyl (C=O) groups excluding carboxylic acids is 3. The molecule has 0 spiro atoms. The zero-order valence-electron chi connectivity index (χ0n) is 27.2. The van der Waals surface area contributed by atoms with Gasteiger partial charge in [0.05, 0.1) is 0 Å². The lowest BCUT2D eigenvalue weighted by molar-refractivity contribution is -0.0843. The van der Waals surface area contributed by atoms with Crippen molar-refractivity contribution in [1.82, 2.24) is 10.4 Å². The molecule has 45 heavy (non-hydrogen) atoms. The van der Waals surface area contributed by atoms with Crippen LogP contribution in [0.2, 0.25) is 0 Å². The number of hydrogen-bond donors (Lipinski definition) is 1. The molecule has 0 saturated carbocycles. The number of carbonyl (C=O) groups is 3. The van der Waals surface area contributed by atoms with Crippen LogP contribution in [0.25, 0.3) is 0 Å². The zero-order chi connectivity index (χ0) is 33.6. The number of benzene rings is 2. The summed E-state index contributed by atoms with van der Waals surface area (Å²) in [6.45, 7) is 12.9. The van der Waals surface area contributed by atoms with Gasteiger partial charge in [-0.15, -0.1) is 0 Å². The topological polar surface area (TPSA) is 128 Å². The Bertz CT molecular complexity index is 1470. The standard InChI is InChI=1S/C33H45FN2O8S/c1-8-31(9-2,10-3)42-29(38)35-36(30(39)43-32(11-4,12-5)13-6)33(34)21-20-24-22-25(16-19-27(24)28(33)37)44-45(40,41)26-17-14-23(7)15-18-26/h14-19,22H,8-13,20-21H2,1-7H3,(H,35,38)/t33-/m1/s1. The quantitative estimate of drug-likeness (QED) is 0.142. The van der Waals surface area contributed by atoms with Crippen molar-refractivity contribution in [2.24, 2.45) is 0 Å². The number of nitrogens with one attached hydrogen (secondary N) is 1. The molecule has 0 heterocycles. The van der Waals surface area contributed by atoms with Gasteiger partial charge in [0.15, 0.2) is 0 Å². The van der Waals surface area contributed by atoms with Gasteiger partial charge in [-0.3, -0.25) is 4.79 Å². The van der Waals surface area contributed by atoms with Gasteiger partial charge < -0.3 is 13.7 Å². The van der Waals surface area contributed by atoms with Gasteiger partial charge in [-0.1, -0.05) is 59.2 Å². The molecule has 2 aromatic rings. The van der Waals surface area contributed by atoms with E-state index >= 15 is 4.39 Å². The van der Waals surface area contributed by atoms with Crippen molar-refractivity contribution in [3.63, 3.8) is 0 Å². The fourth-order valence-corrected chi connectivity index (χ4v) is 6.44. The van der Waals surface area contributed by atoms with Crippen molar-refractivity contribution in [2.45, 2.75) is 122 Å². The minimum Gasteiger partial charge on any atom is -0.442 e. The highest BCUT2D eigenvalue weighted by Crippen LogP contribution is 2.38. The van der Waals surface area contributed by atoms with Crippen LogP contribution in [-0.4, -0.2) is 48.4 Å². The number of amides is 2. The molecule has 0 fully saturated rings. The third kappa shape index (κ3) is 7.59. The molecular formula is C33H45FN2O8S. The van der Waals surface area contributed by atoms with E-state index in [0.717, 1.165) is 5.56 Å². The number of Topliss-reactive ketones (excluding diaryl/α,β-unsaturated/α-hetero) is 1. The lowest BCUT2D eigenvalue weighted by atomic mass is 9.85.